The van der Waals surface area contributed by atoms with Crippen LogP contribution in [0.2, 0.25) is 0 Å². The molecule has 20 heavy (non-hydrogen) atoms. The fourth-order valence-electron chi connectivity index (χ4n) is 1.94. The Labute approximate surface area is 117 Å². The Balaban J connectivity index is 2.05. The number of aryl methyl sites for hydroxylation is 1. The van der Waals surface area contributed by atoms with Gasteiger partial charge in [-0.25, -0.2) is 8.78 Å². The predicted octanol–water partition coefficient (Wildman–Crippen LogP) is 3.61. The smallest absolute Gasteiger partial charge is 0.129 e. The summed E-state index contributed by atoms with van der Waals surface area (Å²) in [6.07, 6.45) is 0. The molecular formula is C16H17F2NO. The standard InChI is InChI=1S/C16H17F2NO/c1-11-3-5-12(6-4-11)16(19-2)10-20-15-8-13(17)7-14(18)9-15/h3-9,16,19H,10H2,1-2H3. The summed E-state index contributed by atoms with van der Waals surface area (Å²) in [5, 5.41) is 3.12. The molecule has 1 unspecified atom stereocenters. The van der Waals surface area contributed by atoms with Crippen molar-refractivity contribution in [2.24, 2.45) is 0 Å². The normalized spacial score (nSPS) is 12.2. The highest BCUT2D eigenvalue weighted by Gasteiger charge is 2.10. The fraction of sp³-hybridized carbons (Fsp3) is 0.250. The third kappa shape index (κ3) is 3.78. The average Bonchev–Trinajstić information content (AvgIpc) is 2.40. The summed E-state index contributed by atoms with van der Waals surface area (Å²) in [7, 11) is 1.82. The minimum Gasteiger partial charge on any atom is -0.491 e. The van der Waals surface area contributed by atoms with Crippen molar-refractivity contribution in [3.63, 3.8) is 0 Å². The lowest BCUT2D eigenvalue weighted by Gasteiger charge is -2.17. The van der Waals surface area contributed by atoms with E-state index in [1.807, 2.05) is 38.2 Å². The molecule has 0 spiro atoms. The highest BCUT2D eigenvalue weighted by molar-refractivity contribution is 5.26. The van der Waals surface area contributed by atoms with Crippen molar-refractivity contribution in [3.8, 4) is 5.75 Å². The van der Waals surface area contributed by atoms with Crippen molar-refractivity contribution < 1.29 is 13.5 Å². The monoisotopic (exact) mass is 277 g/mol. The predicted molar refractivity (Wildman–Crippen MR) is 74.8 cm³/mol. The van der Waals surface area contributed by atoms with Crippen LogP contribution in [0.15, 0.2) is 42.5 Å². The number of halogens is 2. The van der Waals surface area contributed by atoms with Gasteiger partial charge in [0.2, 0.25) is 0 Å². The summed E-state index contributed by atoms with van der Waals surface area (Å²) in [4.78, 5) is 0. The van der Waals surface area contributed by atoms with Crippen LogP contribution in [0.4, 0.5) is 8.78 Å². The Kier molecular flexibility index (Phi) is 4.69. The van der Waals surface area contributed by atoms with Gasteiger partial charge < -0.3 is 10.1 Å². The maximum absolute atomic E-state index is 13.1. The lowest BCUT2D eigenvalue weighted by Crippen LogP contribution is -2.23. The van der Waals surface area contributed by atoms with Crippen molar-refractivity contribution in [1.29, 1.82) is 0 Å². The molecule has 0 saturated heterocycles. The first-order valence-electron chi connectivity index (χ1n) is 6.41. The first-order valence-corrected chi connectivity index (χ1v) is 6.41. The average molecular weight is 277 g/mol. The molecule has 0 aromatic heterocycles. The molecule has 106 valence electrons. The van der Waals surface area contributed by atoms with Crippen LogP contribution in [-0.4, -0.2) is 13.7 Å². The quantitative estimate of drug-likeness (QED) is 0.901. The second kappa shape index (κ2) is 6.48. The van der Waals surface area contributed by atoms with Gasteiger partial charge in [0.05, 0.1) is 6.04 Å². The zero-order chi connectivity index (χ0) is 14.5. The Morgan fingerprint density at radius 3 is 2.20 bits per heavy atom. The van der Waals surface area contributed by atoms with E-state index in [9.17, 15) is 8.78 Å². The molecule has 0 radical (unpaired) electrons. The molecule has 0 aliphatic rings. The van der Waals surface area contributed by atoms with E-state index < -0.39 is 11.6 Å². The number of nitrogens with one attached hydrogen (secondary N) is 1. The van der Waals surface area contributed by atoms with E-state index in [-0.39, 0.29) is 11.8 Å². The topological polar surface area (TPSA) is 21.3 Å². The number of rotatable bonds is 5. The largest absolute Gasteiger partial charge is 0.491 e. The van der Waals surface area contributed by atoms with Crippen LogP contribution in [0.1, 0.15) is 17.2 Å². The van der Waals surface area contributed by atoms with Crippen LogP contribution >= 0.6 is 0 Å². The Morgan fingerprint density at radius 2 is 1.65 bits per heavy atom. The molecule has 0 heterocycles. The first kappa shape index (κ1) is 14.5. The van der Waals surface area contributed by atoms with Gasteiger partial charge in [0.25, 0.3) is 0 Å². The molecule has 0 saturated carbocycles. The SMILES string of the molecule is CNC(COc1cc(F)cc(F)c1)c1ccc(C)cc1. The Bertz CT molecular complexity index is 549. The molecule has 1 atom stereocenters. The first-order chi connectivity index (χ1) is 9.58. The van der Waals surface area contributed by atoms with Gasteiger partial charge in [0.1, 0.15) is 24.0 Å². The van der Waals surface area contributed by atoms with E-state index >= 15 is 0 Å². The van der Waals surface area contributed by atoms with Crippen LogP contribution in [0.25, 0.3) is 0 Å². The maximum Gasteiger partial charge on any atom is 0.129 e. The minimum absolute atomic E-state index is 0.0399. The molecule has 0 fully saturated rings. The van der Waals surface area contributed by atoms with E-state index in [1.165, 1.54) is 17.7 Å². The number of likely N-dealkylation sites (N-methyl/N-ethyl adjacent to an activating group) is 1. The fourth-order valence-corrected chi connectivity index (χ4v) is 1.94. The summed E-state index contributed by atoms with van der Waals surface area (Å²) in [5.41, 5.74) is 2.24. The zero-order valence-electron chi connectivity index (χ0n) is 11.5. The van der Waals surface area contributed by atoms with Crippen LogP contribution in [-0.2, 0) is 0 Å². The molecule has 2 aromatic carbocycles. The molecule has 2 aromatic rings. The van der Waals surface area contributed by atoms with Gasteiger partial charge in [0, 0.05) is 18.2 Å². The van der Waals surface area contributed by atoms with Gasteiger partial charge >= 0.3 is 0 Å². The molecule has 0 amide bonds. The summed E-state index contributed by atoms with van der Waals surface area (Å²) < 4.78 is 31.6. The number of ether oxygens (including phenoxy) is 1. The van der Waals surface area contributed by atoms with E-state index in [0.29, 0.717) is 6.61 Å². The molecule has 0 aliphatic heterocycles. The van der Waals surface area contributed by atoms with Crippen LogP contribution in [0.5, 0.6) is 5.75 Å². The second-order valence-corrected chi connectivity index (χ2v) is 4.67. The lowest BCUT2D eigenvalue weighted by molar-refractivity contribution is 0.270. The van der Waals surface area contributed by atoms with Gasteiger partial charge in [-0.2, -0.15) is 0 Å². The van der Waals surface area contributed by atoms with Gasteiger partial charge in [-0.05, 0) is 19.5 Å². The summed E-state index contributed by atoms with van der Waals surface area (Å²) >= 11 is 0. The van der Waals surface area contributed by atoms with Gasteiger partial charge in [0.15, 0.2) is 0 Å². The molecule has 2 rings (SSSR count). The summed E-state index contributed by atoms with van der Waals surface area (Å²) in [5.74, 6) is -1.09. The van der Waals surface area contributed by atoms with E-state index in [2.05, 4.69) is 5.32 Å². The number of hydrogen-bond acceptors (Lipinski definition) is 2. The van der Waals surface area contributed by atoms with Crippen molar-refractivity contribution in [1.82, 2.24) is 5.32 Å². The molecule has 4 heteroatoms. The number of benzene rings is 2. The van der Waals surface area contributed by atoms with Crippen molar-refractivity contribution in [2.45, 2.75) is 13.0 Å². The van der Waals surface area contributed by atoms with Crippen molar-refractivity contribution in [2.75, 3.05) is 13.7 Å². The summed E-state index contributed by atoms with van der Waals surface area (Å²) in [6.45, 7) is 2.31. The van der Waals surface area contributed by atoms with E-state index in [1.54, 1.807) is 0 Å². The molecular weight excluding hydrogens is 260 g/mol. The maximum atomic E-state index is 13.1. The molecule has 1 N–H and O–H groups in total. The zero-order valence-corrected chi connectivity index (χ0v) is 11.5. The lowest BCUT2D eigenvalue weighted by atomic mass is 10.1. The molecule has 0 bridgehead atoms. The van der Waals surface area contributed by atoms with E-state index in [0.717, 1.165) is 11.6 Å². The molecule has 0 aliphatic carbocycles. The van der Waals surface area contributed by atoms with Crippen molar-refractivity contribution >= 4 is 0 Å². The third-order valence-electron chi connectivity index (χ3n) is 3.08. The highest BCUT2D eigenvalue weighted by Crippen LogP contribution is 2.19. The summed E-state index contributed by atoms with van der Waals surface area (Å²) in [6, 6.07) is 11.2. The van der Waals surface area contributed by atoms with Gasteiger partial charge in [-0.1, -0.05) is 29.8 Å². The Hall–Kier alpha value is -1.94. The van der Waals surface area contributed by atoms with Crippen molar-refractivity contribution in [3.05, 3.63) is 65.2 Å². The van der Waals surface area contributed by atoms with Crippen LogP contribution in [0, 0.1) is 18.6 Å². The van der Waals surface area contributed by atoms with Gasteiger partial charge in [-0.15, -0.1) is 0 Å². The Morgan fingerprint density at radius 1 is 1.05 bits per heavy atom. The highest BCUT2D eigenvalue weighted by atomic mass is 19.1. The van der Waals surface area contributed by atoms with Crippen LogP contribution < -0.4 is 10.1 Å². The number of hydrogen-bond donors (Lipinski definition) is 1. The van der Waals surface area contributed by atoms with Crippen LogP contribution in [0.3, 0.4) is 0 Å². The minimum atomic E-state index is -0.642. The van der Waals surface area contributed by atoms with Gasteiger partial charge in [-0.3, -0.25) is 0 Å². The second-order valence-electron chi connectivity index (χ2n) is 4.67. The molecule has 2 nitrogen and oxygen atoms in total. The third-order valence-corrected chi connectivity index (χ3v) is 3.08. The van der Waals surface area contributed by atoms with E-state index in [4.69, 9.17) is 4.74 Å².